The van der Waals surface area contributed by atoms with E-state index < -0.39 is 5.82 Å². The zero-order valence-corrected chi connectivity index (χ0v) is 22.1. The summed E-state index contributed by atoms with van der Waals surface area (Å²) in [6.45, 7) is 6.67. The first-order valence-corrected chi connectivity index (χ1v) is 12.5. The van der Waals surface area contributed by atoms with Gasteiger partial charge in [0.2, 0.25) is 11.9 Å². The summed E-state index contributed by atoms with van der Waals surface area (Å²) in [6.07, 6.45) is 4.53. The van der Waals surface area contributed by atoms with Gasteiger partial charge in [0, 0.05) is 49.9 Å². The maximum absolute atomic E-state index is 14.9. The highest BCUT2D eigenvalue weighted by atomic mass is 19.1. The zero-order chi connectivity index (χ0) is 27.0. The van der Waals surface area contributed by atoms with Crippen molar-refractivity contribution in [3.05, 3.63) is 42.6 Å². The van der Waals surface area contributed by atoms with Gasteiger partial charge in [0.05, 0.1) is 36.7 Å². The number of anilines is 3. The first-order chi connectivity index (χ1) is 18.2. The number of ether oxygens (including phenoxy) is 1. The van der Waals surface area contributed by atoms with E-state index in [0.29, 0.717) is 34.4 Å². The predicted octanol–water partition coefficient (Wildman–Crippen LogP) is 3.21. The minimum absolute atomic E-state index is 0.0875. The number of rotatable bonds is 7. The van der Waals surface area contributed by atoms with Crippen LogP contribution >= 0.6 is 0 Å². The van der Waals surface area contributed by atoms with Crippen LogP contribution in [0.25, 0.3) is 22.2 Å². The number of aromatic amines is 1. The number of para-hydroxylation sites is 1. The molecular weight excluding hydrogens is 489 g/mol. The molecule has 0 aliphatic carbocycles. The maximum Gasteiger partial charge on any atom is 0.256 e. The van der Waals surface area contributed by atoms with Gasteiger partial charge in [0.15, 0.2) is 5.82 Å². The smallest absolute Gasteiger partial charge is 0.256 e. The van der Waals surface area contributed by atoms with E-state index in [0.717, 1.165) is 31.2 Å². The molecule has 3 aromatic heterocycles. The average molecular weight is 522 g/mol. The highest BCUT2D eigenvalue weighted by Gasteiger charge is 2.28. The number of aryl methyl sites for hydroxylation is 1. The van der Waals surface area contributed by atoms with Crippen molar-refractivity contribution in [2.75, 3.05) is 44.4 Å². The molecule has 0 spiro atoms. The Bertz CT molecular complexity index is 1470. The van der Waals surface area contributed by atoms with Crippen molar-refractivity contribution >= 4 is 34.1 Å². The summed E-state index contributed by atoms with van der Waals surface area (Å²) in [5, 5.41) is 11.0. The Morgan fingerprint density at radius 3 is 2.84 bits per heavy atom. The van der Waals surface area contributed by atoms with Crippen LogP contribution in [-0.2, 0) is 11.8 Å². The fourth-order valence-corrected chi connectivity index (χ4v) is 4.73. The van der Waals surface area contributed by atoms with Gasteiger partial charge in [-0.05, 0) is 27.0 Å². The molecule has 1 aliphatic heterocycles. The second-order valence-electron chi connectivity index (χ2n) is 9.66. The molecule has 4 aromatic rings. The highest BCUT2D eigenvalue weighted by Crippen LogP contribution is 2.34. The van der Waals surface area contributed by atoms with E-state index in [2.05, 4.69) is 54.5 Å². The van der Waals surface area contributed by atoms with Crippen LogP contribution in [0.3, 0.4) is 0 Å². The van der Waals surface area contributed by atoms with Gasteiger partial charge in [-0.2, -0.15) is 0 Å². The quantitative estimate of drug-likeness (QED) is 0.340. The van der Waals surface area contributed by atoms with Crippen LogP contribution in [0.15, 0.2) is 36.8 Å². The molecule has 38 heavy (non-hydrogen) atoms. The lowest BCUT2D eigenvalue weighted by Crippen LogP contribution is -2.55. The monoisotopic (exact) mass is 521 g/mol. The number of hydrogen-bond acceptors (Lipinski definition) is 8. The van der Waals surface area contributed by atoms with E-state index in [9.17, 15) is 9.18 Å². The van der Waals surface area contributed by atoms with Crippen LogP contribution in [0.5, 0.6) is 5.88 Å². The third-order valence-electron chi connectivity index (χ3n) is 7.13. The van der Waals surface area contributed by atoms with Crippen LogP contribution in [0, 0.1) is 5.82 Å². The number of H-pyrrole nitrogens is 1. The van der Waals surface area contributed by atoms with Gasteiger partial charge in [-0.25, -0.2) is 14.4 Å². The normalized spacial score (nSPS) is 17.5. The number of methoxy groups -OCH3 is 1. The van der Waals surface area contributed by atoms with Crippen LogP contribution in [-0.4, -0.2) is 86.3 Å². The first kappa shape index (κ1) is 25.6. The molecule has 1 saturated heterocycles. The lowest BCUT2D eigenvalue weighted by Gasteiger charge is -2.40. The summed E-state index contributed by atoms with van der Waals surface area (Å²) in [7, 11) is 5.38. The standard InChI is InChI=1S/C26H32FN9O2/c1-15-13-36(10-9-34(15)3)16(2)24(37)30-20-8-6-7-17-18(11-28-23(17)20)22-19(27)12-29-26(32-22)31-21-14-35(4)33-25(21)38-5/h6-8,11-12,14-16,28H,9-10,13H2,1-5H3,(H,30,37)(H,29,31,32)/t15-,16?/m0/s1. The summed E-state index contributed by atoms with van der Waals surface area (Å²) < 4.78 is 21.8. The molecule has 1 fully saturated rings. The molecule has 0 bridgehead atoms. The van der Waals surface area contributed by atoms with E-state index in [-0.39, 0.29) is 23.6 Å². The van der Waals surface area contributed by atoms with Gasteiger partial charge in [0.25, 0.3) is 5.88 Å². The highest BCUT2D eigenvalue weighted by molar-refractivity contribution is 6.06. The number of nitrogens with one attached hydrogen (secondary N) is 3. The minimum Gasteiger partial charge on any atom is -0.478 e. The number of fused-ring (bicyclic) bond motifs is 1. The fraction of sp³-hybridized carbons (Fsp3) is 0.385. The molecule has 1 amide bonds. The Morgan fingerprint density at radius 1 is 1.26 bits per heavy atom. The lowest BCUT2D eigenvalue weighted by molar-refractivity contribution is -0.121. The minimum atomic E-state index is -0.568. The van der Waals surface area contributed by atoms with E-state index in [1.165, 1.54) is 7.11 Å². The number of amides is 1. The Hall–Kier alpha value is -4.03. The predicted molar refractivity (Wildman–Crippen MR) is 144 cm³/mol. The number of hydrogen-bond donors (Lipinski definition) is 3. The molecule has 11 nitrogen and oxygen atoms in total. The van der Waals surface area contributed by atoms with Crippen LogP contribution < -0.4 is 15.4 Å². The van der Waals surface area contributed by atoms with Crippen molar-refractivity contribution in [3.8, 4) is 17.1 Å². The molecule has 0 saturated carbocycles. The summed E-state index contributed by atoms with van der Waals surface area (Å²) in [5.74, 6) is -0.0891. The van der Waals surface area contributed by atoms with Gasteiger partial charge in [-0.3, -0.25) is 14.4 Å². The summed E-state index contributed by atoms with van der Waals surface area (Å²) in [4.78, 5) is 29.4. The van der Waals surface area contributed by atoms with E-state index in [1.807, 2.05) is 25.1 Å². The second kappa shape index (κ2) is 10.4. The van der Waals surface area contributed by atoms with Crippen molar-refractivity contribution in [3.63, 3.8) is 0 Å². The molecule has 5 rings (SSSR count). The number of carbonyl (C=O) groups is 1. The fourth-order valence-electron chi connectivity index (χ4n) is 4.73. The number of benzene rings is 1. The molecule has 2 atom stereocenters. The molecule has 1 unspecified atom stereocenters. The molecule has 3 N–H and O–H groups in total. The lowest BCUT2D eigenvalue weighted by atomic mass is 10.1. The molecule has 12 heteroatoms. The van der Waals surface area contributed by atoms with E-state index >= 15 is 0 Å². The SMILES string of the molecule is COc1nn(C)cc1Nc1ncc(F)c(-c2c[nH]c3c(NC(=O)C(C)N4CCN(C)[C@@H](C)C4)cccc23)n1. The number of likely N-dealkylation sites (N-methyl/N-ethyl adjacent to an activating group) is 1. The first-order valence-electron chi connectivity index (χ1n) is 12.5. The number of carbonyl (C=O) groups excluding carboxylic acids is 1. The average Bonchev–Trinajstić information content (AvgIpc) is 3.49. The van der Waals surface area contributed by atoms with Gasteiger partial charge >= 0.3 is 0 Å². The number of aromatic nitrogens is 5. The summed E-state index contributed by atoms with van der Waals surface area (Å²) in [5.41, 5.74) is 2.55. The van der Waals surface area contributed by atoms with Crippen molar-refractivity contribution in [2.24, 2.45) is 7.05 Å². The van der Waals surface area contributed by atoms with Crippen LogP contribution in [0.1, 0.15) is 13.8 Å². The zero-order valence-electron chi connectivity index (χ0n) is 22.1. The van der Waals surface area contributed by atoms with Crippen LogP contribution in [0.4, 0.5) is 21.7 Å². The van der Waals surface area contributed by atoms with Crippen molar-refractivity contribution in [1.82, 2.24) is 34.5 Å². The van der Waals surface area contributed by atoms with Gasteiger partial charge in [-0.15, -0.1) is 5.10 Å². The molecule has 0 radical (unpaired) electrons. The Labute approximate surface area is 220 Å². The van der Waals surface area contributed by atoms with Crippen molar-refractivity contribution in [2.45, 2.75) is 25.9 Å². The number of halogens is 1. The van der Waals surface area contributed by atoms with E-state index in [4.69, 9.17) is 4.74 Å². The topological polar surface area (TPSA) is 116 Å². The van der Waals surface area contributed by atoms with Crippen LogP contribution in [0.2, 0.25) is 0 Å². The largest absolute Gasteiger partial charge is 0.478 e. The number of piperazine rings is 1. The molecule has 200 valence electrons. The third-order valence-corrected chi connectivity index (χ3v) is 7.13. The van der Waals surface area contributed by atoms with Gasteiger partial charge < -0.3 is 25.3 Å². The molecule has 1 aliphatic rings. The Balaban J connectivity index is 1.40. The van der Waals surface area contributed by atoms with Gasteiger partial charge in [-0.1, -0.05) is 12.1 Å². The van der Waals surface area contributed by atoms with E-state index in [1.54, 1.807) is 24.1 Å². The maximum atomic E-state index is 14.9. The number of nitrogens with zero attached hydrogens (tertiary/aromatic N) is 6. The Morgan fingerprint density at radius 2 is 2.08 bits per heavy atom. The summed E-state index contributed by atoms with van der Waals surface area (Å²) >= 11 is 0. The second-order valence-corrected chi connectivity index (χ2v) is 9.66. The van der Waals surface area contributed by atoms with Gasteiger partial charge in [0.1, 0.15) is 11.4 Å². The Kier molecular flexibility index (Phi) is 7.00. The molecule has 1 aromatic carbocycles. The molecular formula is C26H32FN9O2. The van der Waals surface area contributed by atoms with Crippen molar-refractivity contribution in [1.29, 1.82) is 0 Å². The summed E-state index contributed by atoms with van der Waals surface area (Å²) in [6, 6.07) is 5.62. The van der Waals surface area contributed by atoms with Crippen molar-refractivity contribution < 1.29 is 13.9 Å². The molecule has 4 heterocycles. The third kappa shape index (κ3) is 4.92.